The second kappa shape index (κ2) is 7.17. The Bertz CT molecular complexity index is 875. The van der Waals surface area contributed by atoms with Gasteiger partial charge in [0.1, 0.15) is 0 Å². The molecule has 1 atom stereocenters. The van der Waals surface area contributed by atoms with Crippen molar-refractivity contribution in [2.45, 2.75) is 12.5 Å². The van der Waals surface area contributed by atoms with Gasteiger partial charge in [-0.1, -0.05) is 17.7 Å². The molecule has 0 bridgehead atoms. The smallest absolute Gasteiger partial charge is 0.289 e. The van der Waals surface area contributed by atoms with Crippen molar-refractivity contribution in [3.63, 3.8) is 0 Å². The number of rotatable bonds is 3. The van der Waals surface area contributed by atoms with Gasteiger partial charge in [0, 0.05) is 31.2 Å². The quantitative estimate of drug-likeness (QED) is 0.753. The molecule has 2 aromatic rings. The number of hydrogen-bond acceptors (Lipinski definition) is 5. The van der Waals surface area contributed by atoms with Gasteiger partial charge in [0.05, 0.1) is 24.4 Å². The van der Waals surface area contributed by atoms with Crippen LogP contribution in [0.5, 0.6) is 0 Å². The van der Waals surface area contributed by atoms with E-state index in [1.807, 2.05) is 4.90 Å². The highest BCUT2D eigenvalue weighted by molar-refractivity contribution is 6.31. The van der Waals surface area contributed by atoms with Crippen LogP contribution in [0.2, 0.25) is 5.02 Å². The van der Waals surface area contributed by atoms with E-state index < -0.39 is 6.04 Å². The van der Waals surface area contributed by atoms with Crippen LogP contribution < -0.4 is 4.90 Å². The van der Waals surface area contributed by atoms with Crippen LogP contribution in [0.15, 0.2) is 47.1 Å². The molecule has 8 heteroatoms. The van der Waals surface area contributed by atoms with E-state index in [9.17, 15) is 14.4 Å². The van der Waals surface area contributed by atoms with Crippen molar-refractivity contribution in [2.24, 2.45) is 0 Å². The number of piperazine rings is 1. The van der Waals surface area contributed by atoms with Gasteiger partial charge in [0.15, 0.2) is 5.76 Å². The molecule has 0 saturated carbocycles. The number of imide groups is 1. The summed E-state index contributed by atoms with van der Waals surface area (Å²) < 4.78 is 5.16. The lowest BCUT2D eigenvalue weighted by atomic mass is 10.1. The maximum absolute atomic E-state index is 12.9. The zero-order valence-electron chi connectivity index (χ0n) is 14.5. The van der Waals surface area contributed by atoms with E-state index >= 15 is 0 Å². The van der Waals surface area contributed by atoms with Gasteiger partial charge >= 0.3 is 0 Å². The first kappa shape index (κ1) is 17.8. The molecule has 7 nitrogen and oxygen atoms in total. The minimum absolute atomic E-state index is 0.136. The summed E-state index contributed by atoms with van der Waals surface area (Å²) >= 11 is 5.99. The molecule has 1 aromatic heterocycles. The van der Waals surface area contributed by atoms with Crippen LogP contribution in [0.1, 0.15) is 17.0 Å². The Labute approximate surface area is 161 Å². The Morgan fingerprint density at radius 3 is 2.52 bits per heavy atom. The minimum Gasteiger partial charge on any atom is -0.459 e. The average Bonchev–Trinajstić information content (AvgIpc) is 3.30. The Balaban J connectivity index is 1.42. The third-order valence-electron chi connectivity index (χ3n) is 4.96. The van der Waals surface area contributed by atoms with Crippen molar-refractivity contribution >= 4 is 35.0 Å². The average molecular weight is 388 g/mol. The van der Waals surface area contributed by atoms with Crippen LogP contribution in [0, 0.1) is 0 Å². The Morgan fingerprint density at radius 2 is 1.85 bits per heavy atom. The number of halogens is 1. The maximum atomic E-state index is 12.9. The predicted molar refractivity (Wildman–Crippen MR) is 98.5 cm³/mol. The number of amides is 3. The van der Waals surface area contributed by atoms with Gasteiger partial charge < -0.3 is 9.32 Å². The van der Waals surface area contributed by atoms with E-state index in [4.69, 9.17) is 16.0 Å². The van der Waals surface area contributed by atoms with Crippen LogP contribution in [-0.4, -0.2) is 59.7 Å². The van der Waals surface area contributed by atoms with Crippen molar-refractivity contribution in [2.75, 3.05) is 31.1 Å². The summed E-state index contributed by atoms with van der Waals surface area (Å²) in [5.74, 6) is -0.328. The standard InChI is InChI=1S/C19H18ClN3O4/c20-13-3-1-4-14(11-13)23-17(24)12-15(18(23)25)21-6-8-22(9-7-21)19(26)16-5-2-10-27-16/h1-5,10-11,15H,6-9,12H2/t15-/m0/s1. The summed E-state index contributed by atoms with van der Waals surface area (Å²) in [5.41, 5.74) is 0.492. The molecule has 2 saturated heterocycles. The number of benzene rings is 1. The topological polar surface area (TPSA) is 74.1 Å². The summed E-state index contributed by atoms with van der Waals surface area (Å²) in [6.07, 6.45) is 1.61. The van der Waals surface area contributed by atoms with E-state index in [1.165, 1.54) is 11.2 Å². The molecule has 140 valence electrons. The summed E-state index contributed by atoms with van der Waals surface area (Å²) in [6.45, 7) is 2.02. The first-order valence-electron chi connectivity index (χ1n) is 8.74. The highest BCUT2D eigenvalue weighted by atomic mass is 35.5. The lowest BCUT2D eigenvalue weighted by molar-refractivity contribution is -0.123. The predicted octanol–water partition coefficient (Wildman–Crippen LogP) is 2.02. The Hall–Kier alpha value is -2.64. The largest absolute Gasteiger partial charge is 0.459 e. The van der Waals surface area contributed by atoms with E-state index in [-0.39, 0.29) is 24.1 Å². The molecule has 1 aromatic carbocycles. The molecule has 0 N–H and O–H groups in total. The number of anilines is 1. The van der Waals surface area contributed by atoms with Crippen LogP contribution in [0.25, 0.3) is 0 Å². The molecule has 0 spiro atoms. The number of nitrogens with zero attached hydrogens (tertiary/aromatic N) is 3. The van der Waals surface area contributed by atoms with Gasteiger partial charge in [-0.3, -0.25) is 19.3 Å². The normalized spacial score (nSPS) is 21.1. The number of hydrogen-bond donors (Lipinski definition) is 0. The minimum atomic E-state index is -0.502. The fourth-order valence-corrected chi connectivity index (χ4v) is 3.76. The van der Waals surface area contributed by atoms with Crippen LogP contribution >= 0.6 is 11.6 Å². The van der Waals surface area contributed by atoms with E-state index in [0.717, 1.165) is 0 Å². The first-order valence-corrected chi connectivity index (χ1v) is 9.11. The third-order valence-corrected chi connectivity index (χ3v) is 5.20. The van der Waals surface area contributed by atoms with Crippen LogP contribution in [0.3, 0.4) is 0 Å². The molecule has 3 heterocycles. The highest BCUT2D eigenvalue weighted by Crippen LogP contribution is 2.28. The van der Waals surface area contributed by atoms with E-state index in [2.05, 4.69) is 0 Å². The zero-order valence-corrected chi connectivity index (χ0v) is 15.3. The van der Waals surface area contributed by atoms with Crippen molar-refractivity contribution in [1.82, 2.24) is 9.80 Å². The molecule has 2 fully saturated rings. The number of carbonyl (C=O) groups excluding carboxylic acids is 3. The maximum Gasteiger partial charge on any atom is 0.289 e. The second-order valence-electron chi connectivity index (χ2n) is 6.57. The van der Waals surface area contributed by atoms with Crippen LogP contribution in [0.4, 0.5) is 5.69 Å². The number of furan rings is 1. The van der Waals surface area contributed by atoms with Gasteiger partial charge in [-0.25, -0.2) is 4.90 Å². The van der Waals surface area contributed by atoms with Gasteiger partial charge in [0.25, 0.3) is 11.8 Å². The lowest BCUT2D eigenvalue weighted by Crippen LogP contribution is -2.53. The zero-order chi connectivity index (χ0) is 19.0. The van der Waals surface area contributed by atoms with Gasteiger partial charge in [0.2, 0.25) is 5.91 Å². The molecule has 27 heavy (non-hydrogen) atoms. The molecule has 0 radical (unpaired) electrons. The second-order valence-corrected chi connectivity index (χ2v) is 7.01. The third kappa shape index (κ3) is 3.36. The van der Waals surface area contributed by atoms with Gasteiger partial charge in [-0.2, -0.15) is 0 Å². The summed E-state index contributed by atoms with van der Waals surface area (Å²) in [7, 11) is 0. The van der Waals surface area contributed by atoms with Crippen molar-refractivity contribution < 1.29 is 18.8 Å². The van der Waals surface area contributed by atoms with Crippen LogP contribution in [-0.2, 0) is 9.59 Å². The Kier molecular flexibility index (Phi) is 4.72. The molecule has 0 unspecified atom stereocenters. The Morgan fingerprint density at radius 1 is 1.07 bits per heavy atom. The fourth-order valence-electron chi connectivity index (χ4n) is 3.58. The van der Waals surface area contributed by atoms with Gasteiger partial charge in [-0.15, -0.1) is 0 Å². The molecular weight excluding hydrogens is 370 g/mol. The monoisotopic (exact) mass is 387 g/mol. The van der Waals surface area contributed by atoms with Gasteiger partial charge in [-0.05, 0) is 30.3 Å². The number of carbonyl (C=O) groups is 3. The fraction of sp³-hybridized carbons (Fsp3) is 0.316. The molecule has 3 amide bonds. The molecule has 0 aliphatic carbocycles. The summed E-state index contributed by atoms with van der Waals surface area (Å²) in [4.78, 5) is 42.5. The summed E-state index contributed by atoms with van der Waals surface area (Å²) in [5, 5.41) is 0.474. The molecular formula is C19H18ClN3O4. The SMILES string of the molecule is O=C(c1ccco1)N1CCN([C@H]2CC(=O)N(c3cccc(Cl)c3)C2=O)CC1. The molecule has 2 aliphatic rings. The van der Waals surface area contributed by atoms with Crippen molar-refractivity contribution in [3.05, 3.63) is 53.4 Å². The first-order chi connectivity index (χ1) is 13.0. The molecule has 4 rings (SSSR count). The highest BCUT2D eigenvalue weighted by Gasteiger charge is 2.43. The van der Waals surface area contributed by atoms with Crippen molar-refractivity contribution in [3.8, 4) is 0 Å². The van der Waals surface area contributed by atoms with Crippen molar-refractivity contribution in [1.29, 1.82) is 0 Å². The van der Waals surface area contributed by atoms with E-state index in [0.29, 0.717) is 42.6 Å². The summed E-state index contributed by atoms with van der Waals surface area (Å²) in [6, 6.07) is 9.53. The lowest BCUT2D eigenvalue weighted by Gasteiger charge is -2.36. The van der Waals surface area contributed by atoms with E-state index in [1.54, 1.807) is 41.3 Å². The molecule has 2 aliphatic heterocycles.